The molecular formula is C16H21NO4. The average Bonchev–Trinajstić information content (AvgIpc) is 2.49. The van der Waals surface area contributed by atoms with Crippen LogP contribution in [0.2, 0.25) is 0 Å². The molecule has 0 radical (unpaired) electrons. The van der Waals surface area contributed by atoms with Gasteiger partial charge in [-0.2, -0.15) is 0 Å². The Morgan fingerprint density at radius 3 is 2.67 bits per heavy atom. The van der Waals surface area contributed by atoms with Crippen LogP contribution in [0.25, 0.3) is 0 Å². The first-order chi connectivity index (χ1) is 10.0. The van der Waals surface area contributed by atoms with Crippen molar-refractivity contribution in [1.29, 1.82) is 0 Å². The number of ether oxygens (including phenoxy) is 1. The molecule has 3 atom stereocenters. The third-order valence-electron chi connectivity index (χ3n) is 3.98. The first kappa shape index (κ1) is 15.5. The van der Waals surface area contributed by atoms with Crippen LogP contribution in [0.5, 0.6) is 0 Å². The summed E-state index contributed by atoms with van der Waals surface area (Å²) in [6.45, 7) is 2.04. The van der Waals surface area contributed by atoms with Crippen LogP contribution in [0.4, 0.5) is 0 Å². The SMILES string of the molecule is CCOC(=O)C[C@@H]1C(=O)N(C)C(O)C[C@H]1c1ccccc1. The number of carbonyl (C=O) groups excluding carboxylic acids is 2. The maximum Gasteiger partial charge on any atom is 0.306 e. The fourth-order valence-corrected chi connectivity index (χ4v) is 2.83. The maximum absolute atomic E-state index is 12.4. The van der Waals surface area contributed by atoms with Crippen LogP contribution in [0, 0.1) is 5.92 Å². The molecule has 0 bridgehead atoms. The van der Waals surface area contributed by atoms with Gasteiger partial charge in [0.25, 0.3) is 0 Å². The molecule has 1 aliphatic heterocycles. The van der Waals surface area contributed by atoms with Gasteiger partial charge in [0.05, 0.1) is 18.9 Å². The minimum atomic E-state index is -0.818. The number of hydrogen-bond donors (Lipinski definition) is 1. The van der Waals surface area contributed by atoms with Crippen molar-refractivity contribution in [2.45, 2.75) is 31.9 Å². The van der Waals surface area contributed by atoms with E-state index in [-0.39, 0.29) is 24.2 Å². The van der Waals surface area contributed by atoms with Crippen molar-refractivity contribution in [3.05, 3.63) is 35.9 Å². The second-order valence-corrected chi connectivity index (χ2v) is 5.30. The van der Waals surface area contributed by atoms with E-state index in [0.717, 1.165) is 5.56 Å². The molecule has 1 aliphatic rings. The molecule has 0 aromatic heterocycles. The second kappa shape index (κ2) is 6.72. The third kappa shape index (κ3) is 3.42. The zero-order valence-corrected chi connectivity index (χ0v) is 12.4. The molecular weight excluding hydrogens is 270 g/mol. The highest BCUT2D eigenvalue weighted by atomic mass is 16.5. The lowest BCUT2D eigenvalue weighted by molar-refractivity contribution is -0.158. The lowest BCUT2D eigenvalue weighted by Gasteiger charge is -2.39. The van der Waals surface area contributed by atoms with Gasteiger partial charge in [0.1, 0.15) is 6.23 Å². The van der Waals surface area contributed by atoms with Gasteiger partial charge in [-0.3, -0.25) is 9.59 Å². The summed E-state index contributed by atoms with van der Waals surface area (Å²) in [5, 5.41) is 10.0. The second-order valence-electron chi connectivity index (χ2n) is 5.30. The standard InChI is InChI=1S/C16H21NO4/c1-3-21-15(19)10-13-12(11-7-5-4-6-8-11)9-14(18)17(2)16(13)20/h4-8,12-14,18H,3,9-10H2,1-2H3/t12-,13-,14?/m0/s1. The number of aliphatic hydroxyl groups excluding tert-OH is 1. The average molecular weight is 291 g/mol. The molecule has 5 heteroatoms. The van der Waals surface area contributed by atoms with Crippen LogP contribution in [0.3, 0.4) is 0 Å². The van der Waals surface area contributed by atoms with Gasteiger partial charge < -0.3 is 14.7 Å². The van der Waals surface area contributed by atoms with E-state index >= 15 is 0 Å². The molecule has 0 saturated carbocycles. The van der Waals surface area contributed by atoms with Crippen molar-refractivity contribution in [2.75, 3.05) is 13.7 Å². The predicted molar refractivity (Wildman–Crippen MR) is 77.3 cm³/mol. The van der Waals surface area contributed by atoms with Gasteiger partial charge in [0.2, 0.25) is 5.91 Å². The first-order valence-electron chi connectivity index (χ1n) is 7.20. The van der Waals surface area contributed by atoms with Crippen molar-refractivity contribution in [3.8, 4) is 0 Å². The zero-order chi connectivity index (χ0) is 15.4. The normalized spacial score (nSPS) is 25.8. The molecule has 2 rings (SSSR count). The summed E-state index contributed by atoms with van der Waals surface area (Å²) in [5.41, 5.74) is 0.965. The van der Waals surface area contributed by atoms with Crippen LogP contribution < -0.4 is 0 Å². The number of aliphatic hydroxyl groups is 1. The van der Waals surface area contributed by atoms with E-state index in [1.54, 1.807) is 14.0 Å². The predicted octanol–water partition coefficient (Wildman–Crippen LogP) is 1.52. The van der Waals surface area contributed by atoms with Crippen LogP contribution in [0.1, 0.15) is 31.2 Å². The van der Waals surface area contributed by atoms with Crippen molar-refractivity contribution >= 4 is 11.9 Å². The molecule has 21 heavy (non-hydrogen) atoms. The largest absolute Gasteiger partial charge is 0.466 e. The number of esters is 1. The Labute approximate surface area is 124 Å². The molecule has 1 saturated heterocycles. The minimum Gasteiger partial charge on any atom is -0.466 e. The Balaban J connectivity index is 2.25. The number of amides is 1. The Hall–Kier alpha value is -1.88. The smallest absolute Gasteiger partial charge is 0.306 e. The molecule has 1 heterocycles. The van der Waals surface area contributed by atoms with E-state index in [2.05, 4.69) is 0 Å². The van der Waals surface area contributed by atoms with Gasteiger partial charge in [-0.15, -0.1) is 0 Å². The lowest BCUT2D eigenvalue weighted by atomic mass is 9.77. The highest BCUT2D eigenvalue weighted by molar-refractivity contribution is 5.85. The van der Waals surface area contributed by atoms with Crippen LogP contribution >= 0.6 is 0 Å². The summed E-state index contributed by atoms with van der Waals surface area (Å²) in [4.78, 5) is 25.5. The summed E-state index contributed by atoms with van der Waals surface area (Å²) in [7, 11) is 1.56. The molecule has 1 amide bonds. The molecule has 1 aromatic carbocycles. The van der Waals surface area contributed by atoms with E-state index in [4.69, 9.17) is 4.74 Å². The number of rotatable bonds is 4. The zero-order valence-electron chi connectivity index (χ0n) is 12.4. The van der Waals surface area contributed by atoms with E-state index in [1.165, 1.54) is 4.90 Å². The minimum absolute atomic E-state index is 0.0449. The van der Waals surface area contributed by atoms with Crippen molar-refractivity contribution < 1.29 is 19.4 Å². The third-order valence-corrected chi connectivity index (χ3v) is 3.98. The van der Waals surface area contributed by atoms with Gasteiger partial charge in [0, 0.05) is 13.0 Å². The quantitative estimate of drug-likeness (QED) is 0.854. The number of hydrogen-bond acceptors (Lipinski definition) is 4. The molecule has 5 nitrogen and oxygen atoms in total. The van der Waals surface area contributed by atoms with Crippen molar-refractivity contribution in [2.24, 2.45) is 5.92 Å². The topological polar surface area (TPSA) is 66.8 Å². The monoisotopic (exact) mass is 291 g/mol. The molecule has 0 aliphatic carbocycles. The molecule has 114 valence electrons. The van der Waals surface area contributed by atoms with Crippen LogP contribution in [-0.2, 0) is 14.3 Å². The summed E-state index contributed by atoms with van der Waals surface area (Å²) in [5.74, 6) is -1.24. The van der Waals surface area contributed by atoms with Crippen LogP contribution in [0.15, 0.2) is 30.3 Å². The number of carbonyl (C=O) groups is 2. The van der Waals surface area contributed by atoms with Gasteiger partial charge >= 0.3 is 5.97 Å². The van der Waals surface area contributed by atoms with Gasteiger partial charge in [-0.1, -0.05) is 30.3 Å². The van der Waals surface area contributed by atoms with E-state index in [1.807, 2.05) is 30.3 Å². The summed E-state index contributed by atoms with van der Waals surface area (Å²) in [6.07, 6.45) is -0.347. The van der Waals surface area contributed by atoms with Gasteiger partial charge in [0.15, 0.2) is 0 Å². The molecule has 1 fully saturated rings. The van der Waals surface area contributed by atoms with Crippen molar-refractivity contribution in [1.82, 2.24) is 4.90 Å². The number of nitrogens with zero attached hydrogens (tertiary/aromatic N) is 1. The Morgan fingerprint density at radius 2 is 2.05 bits per heavy atom. The molecule has 0 spiro atoms. The van der Waals surface area contributed by atoms with E-state index < -0.39 is 12.1 Å². The Bertz CT molecular complexity index is 502. The fraction of sp³-hybridized carbons (Fsp3) is 0.500. The Morgan fingerprint density at radius 1 is 1.38 bits per heavy atom. The number of likely N-dealkylation sites (tertiary alicyclic amines) is 1. The van der Waals surface area contributed by atoms with Crippen LogP contribution in [-0.4, -0.2) is 41.8 Å². The molecule has 1 N–H and O–H groups in total. The van der Waals surface area contributed by atoms with E-state index in [0.29, 0.717) is 13.0 Å². The fourth-order valence-electron chi connectivity index (χ4n) is 2.83. The Kier molecular flexibility index (Phi) is 4.96. The van der Waals surface area contributed by atoms with Crippen molar-refractivity contribution in [3.63, 3.8) is 0 Å². The number of benzene rings is 1. The highest BCUT2D eigenvalue weighted by Gasteiger charge is 2.41. The lowest BCUT2D eigenvalue weighted by Crippen LogP contribution is -2.49. The number of piperidine rings is 1. The maximum atomic E-state index is 12.4. The highest BCUT2D eigenvalue weighted by Crippen LogP contribution is 2.37. The summed E-state index contributed by atoms with van der Waals surface area (Å²) >= 11 is 0. The molecule has 1 aromatic rings. The molecule has 1 unspecified atom stereocenters. The van der Waals surface area contributed by atoms with Gasteiger partial charge in [-0.25, -0.2) is 0 Å². The summed E-state index contributed by atoms with van der Waals surface area (Å²) in [6, 6.07) is 9.54. The summed E-state index contributed by atoms with van der Waals surface area (Å²) < 4.78 is 4.97. The van der Waals surface area contributed by atoms with E-state index in [9.17, 15) is 14.7 Å². The first-order valence-corrected chi connectivity index (χ1v) is 7.20. The van der Waals surface area contributed by atoms with Gasteiger partial charge in [-0.05, 0) is 18.9 Å².